The Bertz CT molecular complexity index is 1300. The lowest BCUT2D eigenvalue weighted by molar-refractivity contribution is -0.140. The molecule has 0 radical (unpaired) electrons. The molecule has 1 fully saturated rings. The fraction of sp³-hybridized carbons (Fsp3) is 0.222. The van der Waals surface area contributed by atoms with E-state index in [-0.39, 0.29) is 28.6 Å². The molecular weight excluding hydrogens is 450 g/mol. The summed E-state index contributed by atoms with van der Waals surface area (Å²) in [5, 5.41) is 7.86. The molecule has 0 aromatic heterocycles. The van der Waals surface area contributed by atoms with E-state index in [0.717, 1.165) is 48.6 Å². The van der Waals surface area contributed by atoms with Crippen LogP contribution in [0.5, 0.6) is 0 Å². The molecule has 1 aliphatic heterocycles. The highest BCUT2D eigenvalue weighted by Gasteiger charge is 2.42. The number of rotatable bonds is 5. The second-order valence-electron chi connectivity index (χ2n) is 8.64. The van der Waals surface area contributed by atoms with E-state index in [1.165, 1.54) is 4.90 Å². The van der Waals surface area contributed by atoms with Gasteiger partial charge in [0.25, 0.3) is 17.7 Å². The summed E-state index contributed by atoms with van der Waals surface area (Å²) in [6.45, 7) is 0. The summed E-state index contributed by atoms with van der Waals surface area (Å²) >= 11 is 6.25. The molecule has 34 heavy (non-hydrogen) atoms. The van der Waals surface area contributed by atoms with E-state index in [1.807, 2.05) is 42.5 Å². The summed E-state index contributed by atoms with van der Waals surface area (Å²) in [6, 6.07) is 20.2. The van der Waals surface area contributed by atoms with Gasteiger partial charge in [0.1, 0.15) is 10.7 Å². The number of nitrogens with zero attached hydrogens (tertiary/aromatic N) is 1. The molecule has 6 nitrogen and oxygen atoms in total. The van der Waals surface area contributed by atoms with Gasteiger partial charge in [-0.2, -0.15) is 0 Å². The summed E-state index contributed by atoms with van der Waals surface area (Å²) in [4.78, 5) is 39.7. The molecule has 1 heterocycles. The summed E-state index contributed by atoms with van der Waals surface area (Å²) in [5.41, 5.74) is 1.86. The van der Waals surface area contributed by atoms with E-state index in [4.69, 9.17) is 11.6 Å². The molecule has 1 saturated carbocycles. The molecule has 1 aliphatic carbocycles. The van der Waals surface area contributed by atoms with Gasteiger partial charge in [-0.05, 0) is 48.6 Å². The minimum absolute atomic E-state index is 0.0881. The molecule has 2 aliphatic rings. The van der Waals surface area contributed by atoms with E-state index < -0.39 is 5.91 Å². The standard InChI is InChI=1S/C27H24ClN3O3/c28-23-24(27(34)31(26(23)33)20-9-2-1-3-10-20)29-19-15-13-18(14-16-19)25(32)30-22-12-6-8-17-7-4-5-11-21(17)22/h4-8,11-16,20,29H,1-3,9-10H2,(H,30,32). The Morgan fingerprint density at radius 2 is 1.56 bits per heavy atom. The average Bonchev–Trinajstić information content (AvgIpc) is 3.08. The van der Waals surface area contributed by atoms with Gasteiger partial charge in [-0.3, -0.25) is 19.3 Å². The smallest absolute Gasteiger partial charge is 0.279 e. The molecule has 5 rings (SSSR count). The van der Waals surface area contributed by atoms with Crippen LogP contribution in [0.1, 0.15) is 42.5 Å². The normalized spacial score (nSPS) is 16.9. The number of halogens is 1. The molecule has 0 saturated heterocycles. The van der Waals surface area contributed by atoms with Gasteiger partial charge in [-0.15, -0.1) is 0 Å². The molecule has 3 amide bonds. The monoisotopic (exact) mass is 473 g/mol. The minimum Gasteiger partial charge on any atom is -0.350 e. The third-order valence-electron chi connectivity index (χ3n) is 6.45. The number of anilines is 2. The van der Waals surface area contributed by atoms with Crippen LogP contribution >= 0.6 is 11.6 Å². The number of benzene rings is 3. The molecule has 7 heteroatoms. The minimum atomic E-state index is -0.438. The van der Waals surface area contributed by atoms with Gasteiger partial charge in [0, 0.05) is 28.4 Å². The lowest BCUT2D eigenvalue weighted by atomic mass is 9.94. The number of amides is 3. The van der Waals surface area contributed by atoms with Gasteiger partial charge >= 0.3 is 0 Å². The Morgan fingerprint density at radius 3 is 2.32 bits per heavy atom. The fourth-order valence-corrected chi connectivity index (χ4v) is 4.90. The third kappa shape index (κ3) is 4.17. The first-order valence-corrected chi connectivity index (χ1v) is 11.8. The molecule has 0 bridgehead atoms. The number of imide groups is 1. The predicted molar refractivity (Wildman–Crippen MR) is 134 cm³/mol. The highest BCUT2D eigenvalue weighted by atomic mass is 35.5. The van der Waals surface area contributed by atoms with Gasteiger partial charge in [-0.25, -0.2) is 0 Å². The number of nitrogens with one attached hydrogen (secondary N) is 2. The zero-order chi connectivity index (χ0) is 23.7. The van der Waals surface area contributed by atoms with Crippen molar-refractivity contribution in [3.8, 4) is 0 Å². The summed E-state index contributed by atoms with van der Waals surface area (Å²) < 4.78 is 0. The van der Waals surface area contributed by atoms with E-state index >= 15 is 0 Å². The first kappa shape index (κ1) is 22.2. The van der Waals surface area contributed by atoms with Crippen LogP contribution in [0.3, 0.4) is 0 Å². The number of fused-ring (bicyclic) bond motifs is 1. The van der Waals surface area contributed by atoms with Gasteiger partial charge < -0.3 is 10.6 Å². The summed E-state index contributed by atoms with van der Waals surface area (Å²) in [7, 11) is 0. The van der Waals surface area contributed by atoms with E-state index in [2.05, 4.69) is 10.6 Å². The quantitative estimate of drug-likeness (QED) is 0.469. The van der Waals surface area contributed by atoms with Crippen LogP contribution in [0.4, 0.5) is 11.4 Å². The van der Waals surface area contributed by atoms with Crippen LogP contribution in [0.25, 0.3) is 10.8 Å². The van der Waals surface area contributed by atoms with Gasteiger partial charge in [0.05, 0.1) is 0 Å². The number of hydrogen-bond donors (Lipinski definition) is 2. The third-order valence-corrected chi connectivity index (χ3v) is 6.80. The molecule has 2 N–H and O–H groups in total. The largest absolute Gasteiger partial charge is 0.350 e. The zero-order valence-electron chi connectivity index (χ0n) is 18.5. The highest BCUT2D eigenvalue weighted by Crippen LogP contribution is 2.32. The van der Waals surface area contributed by atoms with Crippen molar-refractivity contribution < 1.29 is 14.4 Å². The second kappa shape index (κ2) is 9.31. The Hall–Kier alpha value is -3.64. The average molecular weight is 474 g/mol. The van der Waals surface area contributed by atoms with Crippen LogP contribution in [0.15, 0.2) is 77.5 Å². The van der Waals surface area contributed by atoms with E-state index in [9.17, 15) is 14.4 Å². The predicted octanol–water partition coefficient (Wildman–Crippen LogP) is 5.66. The summed E-state index contributed by atoms with van der Waals surface area (Å²) in [5.74, 6) is -1.07. The Morgan fingerprint density at radius 1 is 0.853 bits per heavy atom. The maximum Gasteiger partial charge on any atom is 0.279 e. The van der Waals surface area contributed by atoms with Crippen LogP contribution in [0, 0.1) is 0 Å². The Labute approximate surface area is 202 Å². The van der Waals surface area contributed by atoms with Gasteiger partial charge in [0.15, 0.2) is 0 Å². The van der Waals surface area contributed by atoms with Crippen molar-refractivity contribution in [3.63, 3.8) is 0 Å². The van der Waals surface area contributed by atoms with Crippen molar-refractivity contribution in [3.05, 3.63) is 83.0 Å². The molecule has 172 valence electrons. The summed E-state index contributed by atoms with van der Waals surface area (Å²) in [6.07, 6.45) is 4.76. The van der Waals surface area contributed by atoms with Crippen molar-refractivity contribution in [1.82, 2.24) is 4.90 Å². The van der Waals surface area contributed by atoms with Gasteiger partial charge in [0.2, 0.25) is 0 Å². The van der Waals surface area contributed by atoms with Crippen molar-refractivity contribution in [2.75, 3.05) is 10.6 Å². The van der Waals surface area contributed by atoms with Crippen molar-refractivity contribution in [2.24, 2.45) is 0 Å². The van der Waals surface area contributed by atoms with Crippen molar-refractivity contribution >= 4 is 51.5 Å². The van der Waals surface area contributed by atoms with Crippen LogP contribution in [-0.2, 0) is 9.59 Å². The maximum absolute atomic E-state index is 13.0. The molecule has 0 unspecified atom stereocenters. The highest BCUT2D eigenvalue weighted by molar-refractivity contribution is 6.48. The van der Waals surface area contributed by atoms with Crippen LogP contribution < -0.4 is 10.6 Å². The van der Waals surface area contributed by atoms with Crippen LogP contribution in [-0.4, -0.2) is 28.7 Å². The first-order valence-electron chi connectivity index (χ1n) is 11.5. The first-order chi connectivity index (χ1) is 16.5. The Kier molecular flexibility index (Phi) is 6.07. The second-order valence-corrected chi connectivity index (χ2v) is 9.02. The number of carbonyl (C=O) groups is 3. The maximum atomic E-state index is 13.0. The molecular formula is C27H24ClN3O3. The van der Waals surface area contributed by atoms with Crippen LogP contribution in [0.2, 0.25) is 0 Å². The van der Waals surface area contributed by atoms with Crippen molar-refractivity contribution in [2.45, 2.75) is 38.1 Å². The lowest BCUT2D eigenvalue weighted by Crippen LogP contribution is -2.42. The lowest BCUT2D eigenvalue weighted by Gasteiger charge is -2.29. The number of carbonyl (C=O) groups excluding carboxylic acids is 3. The van der Waals surface area contributed by atoms with E-state index in [0.29, 0.717) is 11.3 Å². The molecule has 3 aromatic rings. The number of hydrogen-bond acceptors (Lipinski definition) is 4. The zero-order valence-corrected chi connectivity index (χ0v) is 19.3. The molecule has 3 aromatic carbocycles. The SMILES string of the molecule is O=C(Nc1cccc2ccccc12)c1ccc(NC2=C(Cl)C(=O)N(C3CCCCC3)C2=O)cc1. The fourth-order valence-electron chi connectivity index (χ4n) is 4.68. The van der Waals surface area contributed by atoms with Crippen molar-refractivity contribution in [1.29, 1.82) is 0 Å². The van der Waals surface area contributed by atoms with Gasteiger partial charge in [-0.1, -0.05) is 67.3 Å². The topological polar surface area (TPSA) is 78.5 Å². The molecule has 0 spiro atoms. The van der Waals surface area contributed by atoms with E-state index in [1.54, 1.807) is 24.3 Å². The Balaban J connectivity index is 1.29. The molecule has 0 atom stereocenters.